The molecule has 1 N–H and O–H groups in total. The quantitative estimate of drug-likeness (QED) is 0.739. The minimum absolute atomic E-state index is 0.608. The lowest BCUT2D eigenvalue weighted by molar-refractivity contribution is 0.0508. The fourth-order valence-corrected chi connectivity index (χ4v) is 2.01. The molecular formula is C9H14OS. The second kappa shape index (κ2) is 3.37. The van der Waals surface area contributed by atoms with E-state index in [4.69, 9.17) is 0 Å². The van der Waals surface area contributed by atoms with E-state index in [9.17, 15) is 5.11 Å². The molecule has 1 unspecified atom stereocenters. The largest absolute Gasteiger partial charge is 0.385 e. The maximum atomic E-state index is 9.89. The molecule has 0 saturated carbocycles. The molecule has 11 heavy (non-hydrogen) atoms. The third kappa shape index (κ3) is 2.04. The topological polar surface area (TPSA) is 20.2 Å². The monoisotopic (exact) mass is 170 g/mol. The van der Waals surface area contributed by atoms with Crippen LogP contribution in [0, 0.1) is 0 Å². The number of rotatable bonds is 3. The van der Waals surface area contributed by atoms with Crippen LogP contribution in [0.2, 0.25) is 0 Å². The van der Waals surface area contributed by atoms with Gasteiger partial charge in [0.05, 0.1) is 5.60 Å². The average molecular weight is 170 g/mol. The van der Waals surface area contributed by atoms with Gasteiger partial charge >= 0.3 is 0 Å². The van der Waals surface area contributed by atoms with Gasteiger partial charge < -0.3 is 5.11 Å². The molecular weight excluding hydrogens is 156 g/mol. The minimum atomic E-state index is -0.608. The highest BCUT2D eigenvalue weighted by Crippen LogP contribution is 2.29. The Labute approximate surface area is 71.7 Å². The van der Waals surface area contributed by atoms with E-state index in [1.807, 2.05) is 24.4 Å². The van der Waals surface area contributed by atoms with Gasteiger partial charge in [0, 0.05) is 4.88 Å². The van der Waals surface area contributed by atoms with Gasteiger partial charge in [0.1, 0.15) is 0 Å². The van der Waals surface area contributed by atoms with Crippen molar-refractivity contribution in [2.45, 2.75) is 32.3 Å². The summed E-state index contributed by atoms with van der Waals surface area (Å²) >= 11 is 1.62. The molecule has 0 saturated heterocycles. The smallest absolute Gasteiger partial charge is 0.0959 e. The first-order chi connectivity index (χ1) is 5.17. The average Bonchev–Trinajstić information content (AvgIpc) is 2.37. The Morgan fingerprint density at radius 2 is 2.36 bits per heavy atom. The Morgan fingerprint density at radius 1 is 1.64 bits per heavy atom. The number of hydrogen-bond acceptors (Lipinski definition) is 2. The molecule has 1 rings (SSSR count). The summed E-state index contributed by atoms with van der Waals surface area (Å²) in [6.07, 6.45) is 1.86. The summed E-state index contributed by atoms with van der Waals surface area (Å²) in [5, 5.41) is 11.9. The van der Waals surface area contributed by atoms with Gasteiger partial charge in [-0.25, -0.2) is 0 Å². The van der Waals surface area contributed by atoms with Gasteiger partial charge in [-0.3, -0.25) is 0 Å². The summed E-state index contributed by atoms with van der Waals surface area (Å²) in [5.41, 5.74) is -0.608. The van der Waals surface area contributed by atoms with Crippen molar-refractivity contribution >= 4 is 11.3 Å². The highest BCUT2D eigenvalue weighted by molar-refractivity contribution is 7.10. The van der Waals surface area contributed by atoms with Gasteiger partial charge in [-0.05, 0) is 24.8 Å². The summed E-state index contributed by atoms with van der Waals surface area (Å²) in [5.74, 6) is 0. The van der Waals surface area contributed by atoms with Crippen LogP contribution in [0.1, 0.15) is 31.6 Å². The first kappa shape index (κ1) is 8.75. The van der Waals surface area contributed by atoms with Crippen LogP contribution in [-0.2, 0) is 5.60 Å². The zero-order valence-corrected chi connectivity index (χ0v) is 7.82. The summed E-state index contributed by atoms with van der Waals surface area (Å²) < 4.78 is 0. The highest BCUT2D eigenvalue weighted by Gasteiger charge is 2.22. The van der Waals surface area contributed by atoms with Crippen LogP contribution >= 0.6 is 11.3 Å². The standard InChI is InChI=1S/C9H14OS/c1-3-6-9(2,10)8-5-4-7-11-8/h4-5,7,10H,3,6H2,1-2H3. The van der Waals surface area contributed by atoms with Gasteiger partial charge in [-0.2, -0.15) is 0 Å². The molecule has 0 bridgehead atoms. The van der Waals surface area contributed by atoms with Crippen LogP contribution in [0.3, 0.4) is 0 Å². The Bertz CT molecular complexity index is 201. The van der Waals surface area contributed by atoms with E-state index in [2.05, 4.69) is 6.92 Å². The zero-order chi connectivity index (χ0) is 8.32. The molecule has 1 aromatic rings. The van der Waals surface area contributed by atoms with Crippen molar-refractivity contribution in [1.29, 1.82) is 0 Å². The van der Waals surface area contributed by atoms with Crippen molar-refractivity contribution in [1.82, 2.24) is 0 Å². The van der Waals surface area contributed by atoms with E-state index in [0.29, 0.717) is 0 Å². The normalized spacial score (nSPS) is 16.3. The molecule has 0 aliphatic rings. The van der Waals surface area contributed by atoms with E-state index in [0.717, 1.165) is 17.7 Å². The predicted octanol–water partition coefficient (Wildman–Crippen LogP) is 2.76. The SMILES string of the molecule is CCCC(C)(O)c1cccs1. The zero-order valence-electron chi connectivity index (χ0n) is 7.00. The van der Waals surface area contributed by atoms with Gasteiger partial charge in [-0.1, -0.05) is 19.4 Å². The summed E-state index contributed by atoms with van der Waals surface area (Å²) in [6.45, 7) is 3.96. The molecule has 2 heteroatoms. The van der Waals surface area contributed by atoms with E-state index in [1.54, 1.807) is 11.3 Å². The second-order valence-electron chi connectivity index (χ2n) is 3.00. The number of aliphatic hydroxyl groups is 1. The van der Waals surface area contributed by atoms with Crippen molar-refractivity contribution in [3.63, 3.8) is 0 Å². The van der Waals surface area contributed by atoms with Crippen molar-refractivity contribution in [3.05, 3.63) is 22.4 Å². The van der Waals surface area contributed by atoms with Crippen molar-refractivity contribution in [2.75, 3.05) is 0 Å². The summed E-state index contributed by atoms with van der Waals surface area (Å²) in [6, 6.07) is 3.96. The highest BCUT2D eigenvalue weighted by atomic mass is 32.1. The van der Waals surface area contributed by atoms with Gasteiger partial charge in [-0.15, -0.1) is 11.3 Å². The van der Waals surface area contributed by atoms with Crippen LogP contribution in [0.15, 0.2) is 17.5 Å². The van der Waals surface area contributed by atoms with E-state index >= 15 is 0 Å². The molecule has 0 aromatic carbocycles. The third-order valence-electron chi connectivity index (χ3n) is 1.79. The summed E-state index contributed by atoms with van der Waals surface area (Å²) in [4.78, 5) is 1.07. The molecule has 1 nitrogen and oxygen atoms in total. The lowest BCUT2D eigenvalue weighted by Crippen LogP contribution is -2.18. The molecule has 0 amide bonds. The van der Waals surface area contributed by atoms with Crippen molar-refractivity contribution in [2.24, 2.45) is 0 Å². The fraction of sp³-hybridized carbons (Fsp3) is 0.556. The number of thiophene rings is 1. The van der Waals surface area contributed by atoms with Crippen LogP contribution in [-0.4, -0.2) is 5.11 Å². The van der Waals surface area contributed by atoms with E-state index in [-0.39, 0.29) is 0 Å². The Kier molecular flexibility index (Phi) is 2.68. The Morgan fingerprint density at radius 3 is 2.82 bits per heavy atom. The molecule has 1 heterocycles. The molecule has 0 spiro atoms. The minimum Gasteiger partial charge on any atom is -0.385 e. The maximum absolute atomic E-state index is 9.89. The fourth-order valence-electron chi connectivity index (χ4n) is 1.20. The lowest BCUT2D eigenvalue weighted by atomic mass is 9.99. The Balaban J connectivity index is 2.73. The molecule has 0 radical (unpaired) electrons. The molecule has 1 aromatic heterocycles. The van der Waals surface area contributed by atoms with Crippen LogP contribution in [0.4, 0.5) is 0 Å². The first-order valence-corrected chi connectivity index (χ1v) is 4.81. The molecule has 1 atom stereocenters. The van der Waals surface area contributed by atoms with E-state index < -0.39 is 5.60 Å². The van der Waals surface area contributed by atoms with Crippen LogP contribution in [0.5, 0.6) is 0 Å². The predicted molar refractivity (Wildman–Crippen MR) is 48.8 cm³/mol. The molecule has 0 fully saturated rings. The maximum Gasteiger partial charge on any atom is 0.0959 e. The third-order valence-corrected chi connectivity index (χ3v) is 2.91. The second-order valence-corrected chi connectivity index (χ2v) is 3.95. The van der Waals surface area contributed by atoms with Crippen molar-refractivity contribution in [3.8, 4) is 0 Å². The van der Waals surface area contributed by atoms with Gasteiger partial charge in [0.25, 0.3) is 0 Å². The first-order valence-electron chi connectivity index (χ1n) is 3.93. The lowest BCUT2D eigenvalue weighted by Gasteiger charge is -2.20. The van der Waals surface area contributed by atoms with Crippen molar-refractivity contribution < 1.29 is 5.11 Å². The van der Waals surface area contributed by atoms with Gasteiger partial charge in [0.2, 0.25) is 0 Å². The Hall–Kier alpha value is -0.340. The van der Waals surface area contributed by atoms with Gasteiger partial charge in [0.15, 0.2) is 0 Å². The molecule has 0 aliphatic heterocycles. The van der Waals surface area contributed by atoms with Crippen LogP contribution < -0.4 is 0 Å². The van der Waals surface area contributed by atoms with E-state index in [1.165, 1.54) is 0 Å². The van der Waals surface area contributed by atoms with Crippen LogP contribution in [0.25, 0.3) is 0 Å². The molecule has 62 valence electrons. The number of hydrogen-bond donors (Lipinski definition) is 1. The molecule has 0 aliphatic carbocycles. The summed E-state index contributed by atoms with van der Waals surface area (Å²) in [7, 11) is 0.